The van der Waals surface area contributed by atoms with Gasteiger partial charge in [0.15, 0.2) is 0 Å². The average Bonchev–Trinajstić information content (AvgIpc) is 2.55. The van der Waals surface area contributed by atoms with Crippen molar-refractivity contribution in [3.63, 3.8) is 0 Å². The van der Waals surface area contributed by atoms with Gasteiger partial charge in [0.2, 0.25) is 0 Å². The van der Waals surface area contributed by atoms with Gasteiger partial charge in [-0.25, -0.2) is 0 Å². The largest absolute Gasteiger partial charge is 0.480 e. The van der Waals surface area contributed by atoms with Crippen molar-refractivity contribution in [2.24, 2.45) is 11.8 Å². The van der Waals surface area contributed by atoms with Crippen LogP contribution in [0.5, 0.6) is 0 Å². The molecule has 0 bridgehead atoms. The zero-order valence-corrected chi connectivity index (χ0v) is 10.9. The van der Waals surface area contributed by atoms with Crippen LogP contribution in [0.3, 0.4) is 0 Å². The SMILES string of the molecule is CCC1CCC2C(C1)CC(C(=O)O)N2C.Cl. The number of carboxylic acids is 1. The highest BCUT2D eigenvalue weighted by atomic mass is 35.5. The number of nitrogens with zero attached hydrogens (tertiary/aromatic N) is 1. The minimum atomic E-state index is -0.639. The van der Waals surface area contributed by atoms with E-state index >= 15 is 0 Å². The lowest BCUT2D eigenvalue weighted by Crippen LogP contribution is -2.39. The summed E-state index contributed by atoms with van der Waals surface area (Å²) in [5, 5.41) is 9.11. The van der Waals surface area contributed by atoms with Gasteiger partial charge in [-0.2, -0.15) is 0 Å². The predicted molar refractivity (Wildman–Crippen MR) is 66.0 cm³/mol. The summed E-state index contributed by atoms with van der Waals surface area (Å²) in [4.78, 5) is 13.2. The van der Waals surface area contributed by atoms with Crippen LogP contribution in [0.1, 0.15) is 39.0 Å². The van der Waals surface area contributed by atoms with Crippen molar-refractivity contribution in [2.45, 2.75) is 51.1 Å². The van der Waals surface area contributed by atoms with Gasteiger partial charge < -0.3 is 5.11 Å². The van der Waals surface area contributed by atoms with Gasteiger partial charge in [-0.3, -0.25) is 9.69 Å². The van der Waals surface area contributed by atoms with E-state index < -0.39 is 5.97 Å². The minimum absolute atomic E-state index is 0. The molecule has 1 aliphatic carbocycles. The average molecular weight is 248 g/mol. The topological polar surface area (TPSA) is 40.5 Å². The molecule has 3 nitrogen and oxygen atoms in total. The zero-order chi connectivity index (χ0) is 11.0. The number of hydrogen-bond donors (Lipinski definition) is 1. The summed E-state index contributed by atoms with van der Waals surface area (Å²) >= 11 is 0. The molecule has 2 rings (SSSR count). The Morgan fingerprint density at radius 1 is 1.38 bits per heavy atom. The molecule has 0 aromatic heterocycles. The lowest BCUT2D eigenvalue weighted by atomic mass is 9.77. The fraction of sp³-hybridized carbons (Fsp3) is 0.917. The maximum atomic E-state index is 11.1. The first-order chi connectivity index (χ1) is 7.13. The van der Waals surface area contributed by atoms with Gasteiger partial charge >= 0.3 is 5.97 Å². The number of aliphatic carboxylic acids is 1. The van der Waals surface area contributed by atoms with Crippen molar-refractivity contribution >= 4 is 18.4 Å². The van der Waals surface area contributed by atoms with Gasteiger partial charge in [0.25, 0.3) is 0 Å². The standard InChI is InChI=1S/C12H21NO2.ClH/c1-3-8-4-5-10-9(6-8)7-11(12(14)15)13(10)2;/h8-11H,3-7H2,1-2H3,(H,14,15);1H. The normalized spacial score (nSPS) is 38.9. The van der Waals surface area contributed by atoms with E-state index in [-0.39, 0.29) is 18.4 Å². The molecule has 2 fully saturated rings. The molecule has 4 heteroatoms. The molecular weight excluding hydrogens is 226 g/mol. The first-order valence-electron chi connectivity index (χ1n) is 6.08. The molecule has 1 saturated carbocycles. The highest BCUT2D eigenvalue weighted by Crippen LogP contribution is 2.41. The quantitative estimate of drug-likeness (QED) is 0.815. The van der Waals surface area contributed by atoms with Gasteiger partial charge in [0.05, 0.1) is 0 Å². The van der Waals surface area contributed by atoms with E-state index in [9.17, 15) is 4.79 Å². The van der Waals surface area contributed by atoms with Crippen LogP contribution in [-0.2, 0) is 4.79 Å². The maximum Gasteiger partial charge on any atom is 0.320 e. The molecular formula is C12H22ClNO2. The molecule has 2 aliphatic rings. The van der Waals surface area contributed by atoms with Crippen LogP contribution in [0.4, 0.5) is 0 Å². The van der Waals surface area contributed by atoms with E-state index in [4.69, 9.17) is 5.11 Å². The van der Waals surface area contributed by atoms with Gasteiger partial charge in [-0.15, -0.1) is 12.4 Å². The second kappa shape index (κ2) is 5.37. The summed E-state index contributed by atoms with van der Waals surface area (Å²) < 4.78 is 0. The van der Waals surface area contributed by atoms with Crippen molar-refractivity contribution < 1.29 is 9.90 Å². The fourth-order valence-electron chi connectivity index (χ4n) is 3.46. The Hall–Kier alpha value is -0.280. The Labute approximate surface area is 104 Å². The van der Waals surface area contributed by atoms with Crippen molar-refractivity contribution in [2.75, 3.05) is 7.05 Å². The number of fused-ring (bicyclic) bond motifs is 1. The lowest BCUT2D eigenvalue weighted by Gasteiger charge is -2.34. The zero-order valence-electron chi connectivity index (χ0n) is 10.1. The van der Waals surface area contributed by atoms with E-state index in [2.05, 4.69) is 11.8 Å². The van der Waals surface area contributed by atoms with E-state index in [1.54, 1.807) is 0 Å². The van der Waals surface area contributed by atoms with Crippen molar-refractivity contribution in [3.05, 3.63) is 0 Å². The Morgan fingerprint density at radius 3 is 2.62 bits per heavy atom. The number of hydrogen-bond acceptors (Lipinski definition) is 2. The van der Waals surface area contributed by atoms with Crippen LogP contribution in [-0.4, -0.2) is 35.1 Å². The van der Waals surface area contributed by atoms with Gasteiger partial charge in [0, 0.05) is 6.04 Å². The lowest BCUT2D eigenvalue weighted by molar-refractivity contribution is -0.142. The summed E-state index contributed by atoms with van der Waals surface area (Å²) in [6, 6.07) is 0.310. The molecule has 0 radical (unpaired) electrons. The highest BCUT2D eigenvalue weighted by Gasteiger charge is 2.44. The number of carbonyl (C=O) groups is 1. The molecule has 1 N–H and O–H groups in total. The Kier molecular flexibility index (Phi) is 4.62. The van der Waals surface area contributed by atoms with E-state index in [1.807, 2.05) is 7.05 Å². The predicted octanol–water partition coefficient (Wildman–Crippen LogP) is 2.39. The molecule has 94 valence electrons. The Balaban J connectivity index is 0.00000128. The van der Waals surface area contributed by atoms with Crippen molar-refractivity contribution in [1.29, 1.82) is 0 Å². The van der Waals surface area contributed by atoms with Gasteiger partial charge in [-0.05, 0) is 44.6 Å². The second-order valence-corrected chi connectivity index (χ2v) is 5.17. The van der Waals surface area contributed by atoms with Crippen LogP contribution in [0.25, 0.3) is 0 Å². The van der Waals surface area contributed by atoms with E-state index in [1.165, 1.54) is 25.7 Å². The minimum Gasteiger partial charge on any atom is -0.480 e. The van der Waals surface area contributed by atoms with Crippen LogP contribution in [0, 0.1) is 11.8 Å². The number of likely N-dealkylation sites (N-methyl/N-ethyl adjacent to an activating group) is 1. The third-order valence-electron chi connectivity index (χ3n) is 4.45. The monoisotopic (exact) mass is 247 g/mol. The van der Waals surface area contributed by atoms with E-state index in [0.29, 0.717) is 12.0 Å². The Morgan fingerprint density at radius 2 is 2.06 bits per heavy atom. The second-order valence-electron chi connectivity index (χ2n) is 5.17. The van der Waals surface area contributed by atoms with Gasteiger partial charge in [-0.1, -0.05) is 13.3 Å². The van der Waals surface area contributed by atoms with Crippen LogP contribution in [0.15, 0.2) is 0 Å². The summed E-state index contributed by atoms with van der Waals surface area (Å²) in [6.45, 7) is 2.25. The molecule has 16 heavy (non-hydrogen) atoms. The first-order valence-corrected chi connectivity index (χ1v) is 6.08. The van der Waals surface area contributed by atoms with E-state index in [0.717, 1.165) is 12.3 Å². The third kappa shape index (κ3) is 2.35. The molecule has 1 aliphatic heterocycles. The smallest absolute Gasteiger partial charge is 0.320 e. The van der Waals surface area contributed by atoms with Crippen molar-refractivity contribution in [3.8, 4) is 0 Å². The molecule has 1 heterocycles. The van der Waals surface area contributed by atoms with Gasteiger partial charge in [0.1, 0.15) is 6.04 Å². The fourth-order valence-corrected chi connectivity index (χ4v) is 3.46. The number of likely N-dealkylation sites (tertiary alicyclic amines) is 1. The number of carboxylic acid groups (broad SMARTS) is 1. The van der Waals surface area contributed by atoms with Crippen LogP contribution in [0.2, 0.25) is 0 Å². The van der Waals surface area contributed by atoms with Crippen LogP contribution < -0.4 is 0 Å². The van der Waals surface area contributed by atoms with Crippen LogP contribution >= 0.6 is 12.4 Å². The molecule has 4 unspecified atom stereocenters. The first kappa shape index (κ1) is 13.8. The molecule has 4 atom stereocenters. The summed E-state index contributed by atoms with van der Waals surface area (Å²) in [5.74, 6) is 0.835. The summed E-state index contributed by atoms with van der Waals surface area (Å²) in [6.07, 6.45) is 5.85. The highest BCUT2D eigenvalue weighted by molar-refractivity contribution is 5.85. The third-order valence-corrected chi connectivity index (χ3v) is 4.45. The maximum absolute atomic E-state index is 11.1. The molecule has 0 aromatic rings. The summed E-state index contributed by atoms with van der Waals surface area (Å²) in [7, 11) is 1.98. The number of halogens is 1. The summed E-state index contributed by atoms with van der Waals surface area (Å²) in [5.41, 5.74) is 0. The van der Waals surface area contributed by atoms with Crippen molar-refractivity contribution in [1.82, 2.24) is 4.90 Å². The molecule has 1 saturated heterocycles. The molecule has 0 amide bonds. The Bertz CT molecular complexity index is 259. The molecule has 0 spiro atoms. The number of rotatable bonds is 2. The molecule has 0 aromatic carbocycles.